The van der Waals surface area contributed by atoms with Crippen LogP contribution in [-0.2, 0) is 4.79 Å². The van der Waals surface area contributed by atoms with Gasteiger partial charge in [-0.3, -0.25) is 4.79 Å². The SMILES string of the molecule is CCCC1CCCCN1C(=O)CCN. The largest absolute Gasteiger partial charge is 0.340 e. The third-order valence-corrected chi connectivity index (χ3v) is 2.93. The molecule has 1 unspecified atom stereocenters. The van der Waals surface area contributed by atoms with Crippen LogP contribution in [0.1, 0.15) is 45.4 Å². The fraction of sp³-hybridized carbons (Fsp3) is 0.909. The van der Waals surface area contributed by atoms with E-state index in [2.05, 4.69) is 11.8 Å². The molecule has 14 heavy (non-hydrogen) atoms. The van der Waals surface area contributed by atoms with Gasteiger partial charge in [-0.2, -0.15) is 0 Å². The van der Waals surface area contributed by atoms with E-state index in [0.717, 1.165) is 25.8 Å². The van der Waals surface area contributed by atoms with Crippen LogP contribution >= 0.6 is 0 Å². The Labute approximate surface area is 86.6 Å². The molecule has 0 spiro atoms. The monoisotopic (exact) mass is 198 g/mol. The van der Waals surface area contributed by atoms with Gasteiger partial charge in [0.05, 0.1) is 0 Å². The highest BCUT2D eigenvalue weighted by Crippen LogP contribution is 2.21. The van der Waals surface area contributed by atoms with E-state index in [4.69, 9.17) is 5.73 Å². The number of piperidine rings is 1. The Hall–Kier alpha value is -0.570. The van der Waals surface area contributed by atoms with Crippen LogP contribution < -0.4 is 5.73 Å². The van der Waals surface area contributed by atoms with Gasteiger partial charge in [0.15, 0.2) is 0 Å². The van der Waals surface area contributed by atoms with Gasteiger partial charge in [-0.25, -0.2) is 0 Å². The van der Waals surface area contributed by atoms with Gasteiger partial charge in [-0.1, -0.05) is 13.3 Å². The second kappa shape index (κ2) is 6.02. The van der Waals surface area contributed by atoms with Crippen LogP contribution in [-0.4, -0.2) is 29.9 Å². The summed E-state index contributed by atoms with van der Waals surface area (Å²) in [7, 11) is 0. The van der Waals surface area contributed by atoms with E-state index in [0.29, 0.717) is 19.0 Å². The lowest BCUT2D eigenvalue weighted by Crippen LogP contribution is -2.44. The summed E-state index contributed by atoms with van der Waals surface area (Å²) in [4.78, 5) is 13.8. The number of nitrogens with zero attached hydrogens (tertiary/aromatic N) is 1. The van der Waals surface area contributed by atoms with E-state index in [1.807, 2.05) is 0 Å². The van der Waals surface area contributed by atoms with E-state index < -0.39 is 0 Å². The normalized spacial score (nSPS) is 22.4. The minimum atomic E-state index is 0.255. The summed E-state index contributed by atoms with van der Waals surface area (Å²) in [6.45, 7) is 3.61. The maximum atomic E-state index is 11.7. The van der Waals surface area contributed by atoms with Gasteiger partial charge in [0, 0.05) is 25.6 Å². The molecule has 3 nitrogen and oxygen atoms in total. The van der Waals surface area contributed by atoms with Crippen molar-refractivity contribution in [2.75, 3.05) is 13.1 Å². The minimum absolute atomic E-state index is 0.255. The number of amides is 1. The Morgan fingerprint density at radius 1 is 1.50 bits per heavy atom. The molecular weight excluding hydrogens is 176 g/mol. The van der Waals surface area contributed by atoms with Crippen molar-refractivity contribution in [3.05, 3.63) is 0 Å². The predicted octanol–water partition coefficient (Wildman–Crippen LogP) is 1.52. The zero-order valence-corrected chi connectivity index (χ0v) is 9.17. The predicted molar refractivity (Wildman–Crippen MR) is 57.9 cm³/mol. The van der Waals surface area contributed by atoms with E-state index in [9.17, 15) is 4.79 Å². The third kappa shape index (κ3) is 2.98. The Kier molecular flexibility index (Phi) is 4.94. The van der Waals surface area contributed by atoms with Gasteiger partial charge in [0.25, 0.3) is 0 Å². The molecule has 1 rings (SSSR count). The lowest BCUT2D eigenvalue weighted by molar-refractivity contribution is -0.134. The molecule has 2 N–H and O–H groups in total. The molecule has 1 amide bonds. The van der Waals surface area contributed by atoms with Gasteiger partial charge < -0.3 is 10.6 Å². The summed E-state index contributed by atoms with van der Waals surface area (Å²) in [5.74, 6) is 0.255. The van der Waals surface area contributed by atoms with E-state index in [1.54, 1.807) is 0 Å². The fourth-order valence-electron chi connectivity index (χ4n) is 2.23. The number of likely N-dealkylation sites (tertiary alicyclic amines) is 1. The standard InChI is InChI=1S/C11H22N2O/c1-2-5-10-6-3-4-9-13(10)11(14)7-8-12/h10H,2-9,12H2,1H3. The summed E-state index contributed by atoms with van der Waals surface area (Å²) in [5.41, 5.74) is 5.41. The van der Waals surface area contributed by atoms with Crippen molar-refractivity contribution in [2.45, 2.75) is 51.5 Å². The average Bonchev–Trinajstić information content (AvgIpc) is 2.19. The molecule has 0 radical (unpaired) electrons. The van der Waals surface area contributed by atoms with Gasteiger partial charge in [-0.15, -0.1) is 0 Å². The molecule has 0 aromatic carbocycles. The minimum Gasteiger partial charge on any atom is -0.340 e. The van der Waals surface area contributed by atoms with Gasteiger partial charge in [0.1, 0.15) is 0 Å². The second-order valence-corrected chi connectivity index (χ2v) is 4.06. The first kappa shape index (κ1) is 11.5. The van der Waals surface area contributed by atoms with Crippen molar-refractivity contribution in [2.24, 2.45) is 5.73 Å². The molecule has 0 aliphatic carbocycles. The zero-order chi connectivity index (χ0) is 10.4. The third-order valence-electron chi connectivity index (χ3n) is 2.93. The lowest BCUT2D eigenvalue weighted by Gasteiger charge is -2.35. The van der Waals surface area contributed by atoms with Crippen LogP contribution in [0.2, 0.25) is 0 Å². The summed E-state index contributed by atoms with van der Waals surface area (Å²) < 4.78 is 0. The number of hydrogen-bond acceptors (Lipinski definition) is 2. The molecule has 82 valence electrons. The molecule has 0 saturated carbocycles. The first-order chi connectivity index (χ1) is 6.79. The van der Waals surface area contributed by atoms with Crippen LogP contribution in [0, 0.1) is 0 Å². The van der Waals surface area contributed by atoms with Gasteiger partial charge in [-0.05, 0) is 25.7 Å². The molecular formula is C11H22N2O. The zero-order valence-electron chi connectivity index (χ0n) is 9.17. The summed E-state index contributed by atoms with van der Waals surface area (Å²) in [6, 6.07) is 0.493. The molecule has 1 fully saturated rings. The molecule has 1 heterocycles. The first-order valence-electron chi connectivity index (χ1n) is 5.79. The van der Waals surface area contributed by atoms with E-state index in [-0.39, 0.29) is 5.91 Å². The molecule has 1 aliphatic rings. The lowest BCUT2D eigenvalue weighted by atomic mass is 9.98. The fourth-order valence-corrected chi connectivity index (χ4v) is 2.23. The number of rotatable bonds is 4. The second-order valence-electron chi connectivity index (χ2n) is 4.06. The van der Waals surface area contributed by atoms with Crippen molar-refractivity contribution < 1.29 is 4.79 Å². The van der Waals surface area contributed by atoms with Crippen molar-refractivity contribution in [3.8, 4) is 0 Å². The Morgan fingerprint density at radius 3 is 2.93 bits per heavy atom. The maximum Gasteiger partial charge on any atom is 0.224 e. The van der Waals surface area contributed by atoms with Crippen LogP contribution in [0.5, 0.6) is 0 Å². The highest BCUT2D eigenvalue weighted by Gasteiger charge is 2.24. The smallest absolute Gasteiger partial charge is 0.224 e. The molecule has 1 atom stereocenters. The number of hydrogen-bond donors (Lipinski definition) is 1. The van der Waals surface area contributed by atoms with Crippen molar-refractivity contribution in [3.63, 3.8) is 0 Å². The Balaban J connectivity index is 2.48. The molecule has 0 bridgehead atoms. The number of carbonyl (C=O) groups excluding carboxylic acids is 1. The summed E-state index contributed by atoms with van der Waals surface area (Å²) >= 11 is 0. The van der Waals surface area contributed by atoms with Crippen LogP contribution in [0.25, 0.3) is 0 Å². The molecule has 1 saturated heterocycles. The van der Waals surface area contributed by atoms with Crippen LogP contribution in [0.3, 0.4) is 0 Å². The van der Waals surface area contributed by atoms with E-state index >= 15 is 0 Å². The van der Waals surface area contributed by atoms with Crippen LogP contribution in [0.4, 0.5) is 0 Å². The summed E-state index contributed by atoms with van der Waals surface area (Å²) in [5, 5.41) is 0. The molecule has 0 aromatic rings. The number of nitrogens with two attached hydrogens (primary N) is 1. The molecule has 3 heteroatoms. The van der Waals surface area contributed by atoms with Crippen LogP contribution in [0.15, 0.2) is 0 Å². The van der Waals surface area contributed by atoms with E-state index in [1.165, 1.54) is 12.8 Å². The Bertz CT molecular complexity index is 180. The topological polar surface area (TPSA) is 46.3 Å². The summed E-state index contributed by atoms with van der Waals surface area (Å²) in [6.07, 6.45) is 6.45. The first-order valence-corrected chi connectivity index (χ1v) is 5.79. The quantitative estimate of drug-likeness (QED) is 0.744. The van der Waals surface area contributed by atoms with Crippen molar-refractivity contribution in [1.29, 1.82) is 0 Å². The molecule has 1 aliphatic heterocycles. The Morgan fingerprint density at radius 2 is 2.29 bits per heavy atom. The highest BCUT2D eigenvalue weighted by molar-refractivity contribution is 5.76. The van der Waals surface area contributed by atoms with Gasteiger partial charge >= 0.3 is 0 Å². The molecule has 0 aromatic heterocycles. The van der Waals surface area contributed by atoms with Crippen molar-refractivity contribution >= 4 is 5.91 Å². The number of carbonyl (C=O) groups is 1. The van der Waals surface area contributed by atoms with Crippen molar-refractivity contribution in [1.82, 2.24) is 4.90 Å². The average molecular weight is 198 g/mol. The van der Waals surface area contributed by atoms with Gasteiger partial charge in [0.2, 0.25) is 5.91 Å². The maximum absolute atomic E-state index is 11.7. The highest BCUT2D eigenvalue weighted by atomic mass is 16.2.